The van der Waals surface area contributed by atoms with Crippen LogP contribution >= 0.6 is 0 Å². The largest absolute Gasteiger partial charge is 0.491 e. The normalized spacial score (nSPS) is 18.1. The Bertz CT molecular complexity index is 1930. The number of imide groups is 2. The summed E-state index contributed by atoms with van der Waals surface area (Å²) < 4.78 is 11.6. The van der Waals surface area contributed by atoms with Crippen molar-refractivity contribution in [2.45, 2.75) is 78.4 Å². The van der Waals surface area contributed by atoms with Gasteiger partial charge in [-0.1, -0.05) is 36.4 Å². The number of nitrogens with zero attached hydrogens (tertiary/aromatic N) is 2. The van der Waals surface area contributed by atoms with Crippen LogP contribution in [0.3, 0.4) is 0 Å². The standard InChI is InChI=1S/C40H40N2O6/c1-23(2)47-32-11-7-9-28(19-32)34-21-37(43)41(39(34)45)31-16-25(5)15-30(18-31)27-13-14-36(26(6)17-27)42-38(44)22-35(40(42)46)29-10-8-12-33(20-29)48-24(3)4/h7-20,23-24,34-35H,21-22H2,1-6H3/t34-,35+/m1/s1. The van der Waals surface area contributed by atoms with Gasteiger partial charge in [0.15, 0.2) is 0 Å². The molecule has 2 fully saturated rings. The van der Waals surface area contributed by atoms with E-state index in [1.54, 1.807) is 6.07 Å². The molecule has 0 aromatic heterocycles. The van der Waals surface area contributed by atoms with E-state index in [1.807, 2.05) is 120 Å². The summed E-state index contributed by atoms with van der Waals surface area (Å²) in [7, 11) is 0. The minimum Gasteiger partial charge on any atom is -0.491 e. The van der Waals surface area contributed by atoms with Gasteiger partial charge in [-0.15, -0.1) is 0 Å². The quantitative estimate of drug-likeness (QED) is 0.174. The van der Waals surface area contributed by atoms with Crippen LogP contribution in [0.15, 0.2) is 84.9 Å². The number of rotatable bonds is 9. The molecular weight excluding hydrogens is 604 g/mol. The molecule has 4 aromatic rings. The van der Waals surface area contributed by atoms with Gasteiger partial charge in [0.25, 0.3) is 0 Å². The minimum absolute atomic E-state index is 0.00989. The van der Waals surface area contributed by atoms with Crippen molar-refractivity contribution in [2.24, 2.45) is 0 Å². The van der Waals surface area contributed by atoms with Gasteiger partial charge in [0.1, 0.15) is 11.5 Å². The van der Waals surface area contributed by atoms with Crippen molar-refractivity contribution in [3.05, 3.63) is 107 Å². The number of amides is 4. The molecule has 0 N–H and O–H groups in total. The lowest BCUT2D eigenvalue weighted by Gasteiger charge is -2.20. The Balaban J connectivity index is 1.25. The molecule has 0 saturated carbocycles. The van der Waals surface area contributed by atoms with E-state index in [9.17, 15) is 19.2 Å². The molecule has 8 nitrogen and oxygen atoms in total. The first-order valence-electron chi connectivity index (χ1n) is 16.4. The van der Waals surface area contributed by atoms with Gasteiger partial charge >= 0.3 is 0 Å². The Morgan fingerprint density at radius 1 is 0.604 bits per heavy atom. The molecule has 246 valence electrons. The number of hydrogen-bond donors (Lipinski definition) is 0. The van der Waals surface area contributed by atoms with Crippen molar-refractivity contribution in [3.63, 3.8) is 0 Å². The first-order valence-corrected chi connectivity index (χ1v) is 16.4. The molecule has 0 bridgehead atoms. The molecule has 4 amide bonds. The highest BCUT2D eigenvalue weighted by atomic mass is 16.5. The molecule has 6 rings (SSSR count). The van der Waals surface area contributed by atoms with Crippen molar-refractivity contribution in [1.82, 2.24) is 0 Å². The molecule has 48 heavy (non-hydrogen) atoms. The number of carbonyl (C=O) groups is 4. The summed E-state index contributed by atoms with van der Waals surface area (Å²) in [5.41, 5.74) is 5.84. The second-order valence-electron chi connectivity index (χ2n) is 13.2. The Morgan fingerprint density at radius 3 is 1.69 bits per heavy atom. The van der Waals surface area contributed by atoms with Crippen molar-refractivity contribution >= 4 is 35.0 Å². The zero-order valence-corrected chi connectivity index (χ0v) is 28.2. The number of benzene rings is 4. The van der Waals surface area contributed by atoms with Gasteiger partial charge in [0.05, 0.1) is 35.4 Å². The number of hydrogen-bond acceptors (Lipinski definition) is 6. The summed E-state index contributed by atoms with van der Waals surface area (Å²) in [6.07, 6.45) is 0.140. The fourth-order valence-electron chi connectivity index (χ4n) is 6.61. The average molecular weight is 645 g/mol. The zero-order valence-electron chi connectivity index (χ0n) is 28.2. The first kappa shape index (κ1) is 32.7. The molecular formula is C40H40N2O6. The third-order valence-corrected chi connectivity index (χ3v) is 8.65. The van der Waals surface area contributed by atoms with Crippen LogP contribution < -0.4 is 19.3 Å². The van der Waals surface area contributed by atoms with Gasteiger partial charge in [-0.25, -0.2) is 9.80 Å². The molecule has 0 unspecified atom stereocenters. The summed E-state index contributed by atoms with van der Waals surface area (Å²) >= 11 is 0. The van der Waals surface area contributed by atoms with Gasteiger partial charge in [-0.05, 0) is 123 Å². The lowest BCUT2D eigenvalue weighted by molar-refractivity contribution is -0.123. The smallest absolute Gasteiger partial charge is 0.241 e. The number of aryl methyl sites for hydroxylation is 2. The number of carbonyl (C=O) groups excluding carboxylic acids is 4. The monoisotopic (exact) mass is 644 g/mol. The second-order valence-corrected chi connectivity index (χ2v) is 13.2. The maximum Gasteiger partial charge on any atom is 0.241 e. The highest BCUT2D eigenvalue weighted by Crippen LogP contribution is 2.39. The van der Waals surface area contributed by atoms with Crippen LogP contribution in [0.1, 0.15) is 74.6 Å². The van der Waals surface area contributed by atoms with Gasteiger partial charge < -0.3 is 9.47 Å². The van der Waals surface area contributed by atoms with Crippen LogP contribution in [0.25, 0.3) is 11.1 Å². The van der Waals surface area contributed by atoms with Crippen molar-refractivity contribution < 1.29 is 28.7 Å². The molecule has 0 spiro atoms. The van der Waals surface area contributed by atoms with E-state index in [0.29, 0.717) is 22.9 Å². The van der Waals surface area contributed by atoms with Gasteiger partial charge in [-0.3, -0.25) is 19.2 Å². The highest BCUT2D eigenvalue weighted by molar-refractivity contribution is 6.24. The van der Waals surface area contributed by atoms with E-state index in [0.717, 1.165) is 33.4 Å². The van der Waals surface area contributed by atoms with E-state index in [4.69, 9.17) is 9.47 Å². The van der Waals surface area contributed by atoms with E-state index in [-0.39, 0.29) is 48.7 Å². The minimum atomic E-state index is -0.594. The fourth-order valence-corrected chi connectivity index (χ4v) is 6.61. The van der Waals surface area contributed by atoms with Gasteiger partial charge in [0.2, 0.25) is 23.6 Å². The Labute approximate surface area is 281 Å². The van der Waals surface area contributed by atoms with Crippen LogP contribution in [-0.4, -0.2) is 35.8 Å². The molecule has 2 aliphatic rings. The predicted molar refractivity (Wildman–Crippen MR) is 185 cm³/mol. The Kier molecular flexibility index (Phi) is 8.93. The lowest BCUT2D eigenvalue weighted by atomic mass is 9.97. The topological polar surface area (TPSA) is 93.2 Å². The first-order chi connectivity index (χ1) is 22.9. The summed E-state index contributed by atoms with van der Waals surface area (Å²) in [6.45, 7) is 11.6. The molecule has 0 radical (unpaired) electrons. The zero-order chi connectivity index (χ0) is 34.3. The van der Waals surface area contributed by atoms with E-state index >= 15 is 0 Å². The van der Waals surface area contributed by atoms with E-state index in [2.05, 4.69) is 0 Å². The molecule has 2 atom stereocenters. The van der Waals surface area contributed by atoms with Crippen LogP contribution in [0, 0.1) is 13.8 Å². The van der Waals surface area contributed by atoms with Crippen LogP contribution in [0.5, 0.6) is 11.5 Å². The maximum absolute atomic E-state index is 13.7. The van der Waals surface area contributed by atoms with Crippen LogP contribution in [-0.2, 0) is 19.2 Å². The van der Waals surface area contributed by atoms with E-state index in [1.165, 1.54) is 9.80 Å². The molecule has 2 aliphatic heterocycles. The second kappa shape index (κ2) is 13.1. The molecule has 2 saturated heterocycles. The number of anilines is 2. The highest BCUT2D eigenvalue weighted by Gasteiger charge is 2.42. The van der Waals surface area contributed by atoms with E-state index < -0.39 is 11.8 Å². The van der Waals surface area contributed by atoms with Gasteiger partial charge in [0, 0.05) is 12.8 Å². The third kappa shape index (κ3) is 6.47. The van der Waals surface area contributed by atoms with Crippen molar-refractivity contribution in [1.29, 1.82) is 0 Å². The van der Waals surface area contributed by atoms with Crippen molar-refractivity contribution in [2.75, 3.05) is 9.80 Å². The average Bonchev–Trinajstić information content (AvgIpc) is 3.49. The lowest BCUT2D eigenvalue weighted by Crippen LogP contribution is -2.30. The summed E-state index contributed by atoms with van der Waals surface area (Å²) in [4.78, 5) is 56.4. The number of ether oxygens (including phenoxy) is 2. The molecule has 4 aromatic carbocycles. The Hall–Kier alpha value is -5.24. The molecule has 8 heteroatoms. The fraction of sp³-hybridized carbons (Fsp3) is 0.300. The molecule has 0 aliphatic carbocycles. The Morgan fingerprint density at radius 2 is 1.15 bits per heavy atom. The summed E-state index contributed by atoms with van der Waals surface area (Å²) in [5, 5.41) is 0. The SMILES string of the molecule is Cc1cc(-c2ccc(N3C(=O)C[C@@H](c4cccc(OC(C)C)c4)C3=O)c(C)c2)cc(N2C(=O)C[C@H](c3cccc(OC(C)C)c3)C2=O)c1. The van der Waals surface area contributed by atoms with Crippen molar-refractivity contribution in [3.8, 4) is 22.6 Å². The summed E-state index contributed by atoms with van der Waals surface area (Å²) in [5.74, 6) is -0.905. The van der Waals surface area contributed by atoms with Crippen LogP contribution in [0.4, 0.5) is 11.4 Å². The molecule has 2 heterocycles. The van der Waals surface area contributed by atoms with Gasteiger partial charge in [-0.2, -0.15) is 0 Å². The summed E-state index contributed by atoms with van der Waals surface area (Å²) in [6, 6.07) is 26.0. The predicted octanol–water partition coefficient (Wildman–Crippen LogP) is 7.64. The third-order valence-electron chi connectivity index (χ3n) is 8.65. The maximum atomic E-state index is 13.7. The van der Waals surface area contributed by atoms with Crippen LogP contribution in [0.2, 0.25) is 0 Å².